The molecule has 0 aromatic heterocycles. The number of thioether (sulfide) groups is 1. The number of rotatable bonds is 6. The second kappa shape index (κ2) is 9.57. The number of nitrogens with zero attached hydrogens (tertiary/aromatic N) is 1. The normalized spacial score (nSPS) is 14.9. The van der Waals surface area contributed by atoms with Crippen molar-refractivity contribution in [1.29, 1.82) is 0 Å². The van der Waals surface area contributed by atoms with E-state index in [4.69, 9.17) is 4.74 Å². The lowest BCUT2D eigenvalue weighted by molar-refractivity contribution is -0.123. The van der Waals surface area contributed by atoms with Crippen LogP contribution in [0, 0.1) is 6.92 Å². The van der Waals surface area contributed by atoms with Crippen LogP contribution in [0.25, 0.3) is 16.8 Å². The lowest BCUT2D eigenvalue weighted by atomic mass is 10.1. The number of benzene rings is 4. The zero-order valence-electron chi connectivity index (χ0n) is 18.7. The molecule has 1 heterocycles. The number of carbonyl (C=O) groups is 2. The topological polar surface area (TPSA) is 46.6 Å². The van der Waals surface area contributed by atoms with Crippen LogP contribution < -0.4 is 4.74 Å². The van der Waals surface area contributed by atoms with E-state index in [1.807, 2.05) is 67.6 Å². The van der Waals surface area contributed by atoms with E-state index >= 15 is 0 Å². The molecule has 0 aliphatic carbocycles. The zero-order valence-corrected chi connectivity index (χ0v) is 19.5. The SMILES string of the molecule is Cc1ccccc1CN1C(=O)S/C(=C\c2ccccc2OCc2ccc3ccccc3c2)C1=O. The van der Waals surface area contributed by atoms with Crippen molar-refractivity contribution in [3.05, 3.63) is 118 Å². The molecule has 1 fully saturated rings. The maximum atomic E-state index is 13.0. The Hall–Kier alpha value is -3.83. The van der Waals surface area contributed by atoms with Gasteiger partial charge in [-0.15, -0.1) is 0 Å². The van der Waals surface area contributed by atoms with Gasteiger partial charge in [0.2, 0.25) is 0 Å². The lowest BCUT2D eigenvalue weighted by Gasteiger charge is -2.14. The average Bonchev–Trinajstić information content (AvgIpc) is 3.12. The molecule has 0 N–H and O–H groups in total. The van der Waals surface area contributed by atoms with Crippen LogP contribution >= 0.6 is 11.8 Å². The first-order valence-corrected chi connectivity index (χ1v) is 11.9. The molecule has 34 heavy (non-hydrogen) atoms. The second-order valence-electron chi connectivity index (χ2n) is 8.20. The Labute approximate surface area is 202 Å². The van der Waals surface area contributed by atoms with Gasteiger partial charge in [0.05, 0.1) is 11.4 Å². The largest absolute Gasteiger partial charge is 0.488 e. The monoisotopic (exact) mass is 465 g/mol. The van der Waals surface area contributed by atoms with Crippen molar-refractivity contribution in [2.45, 2.75) is 20.1 Å². The maximum Gasteiger partial charge on any atom is 0.293 e. The highest BCUT2D eigenvalue weighted by Crippen LogP contribution is 2.35. The van der Waals surface area contributed by atoms with Gasteiger partial charge in [-0.1, -0.05) is 78.9 Å². The molecular weight excluding hydrogens is 442 g/mol. The summed E-state index contributed by atoms with van der Waals surface area (Å²) in [4.78, 5) is 27.3. The first-order valence-electron chi connectivity index (χ1n) is 11.1. The van der Waals surface area contributed by atoms with E-state index in [0.29, 0.717) is 17.3 Å². The summed E-state index contributed by atoms with van der Waals surface area (Å²) in [6.07, 6.45) is 1.75. The lowest BCUT2D eigenvalue weighted by Crippen LogP contribution is -2.27. The fourth-order valence-electron chi connectivity index (χ4n) is 3.96. The molecule has 0 radical (unpaired) electrons. The number of hydrogen-bond donors (Lipinski definition) is 0. The first kappa shape index (κ1) is 22.0. The fraction of sp³-hybridized carbons (Fsp3) is 0.103. The van der Waals surface area contributed by atoms with Crippen LogP contribution in [0.5, 0.6) is 5.75 Å². The van der Waals surface area contributed by atoms with Crippen molar-refractivity contribution in [3.63, 3.8) is 0 Å². The summed E-state index contributed by atoms with van der Waals surface area (Å²) in [7, 11) is 0. The summed E-state index contributed by atoms with van der Waals surface area (Å²) < 4.78 is 6.12. The van der Waals surface area contributed by atoms with E-state index in [0.717, 1.165) is 34.0 Å². The van der Waals surface area contributed by atoms with E-state index in [9.17, 15) is 9.59 Å². The predicted octanol–water partition coefficient (Wildman–Crippen LogP) is 6.96. The molecule has 4 aromatic carbocycles. The van der Waals surface area contributed by atoms with Gasteiger partial charge in [0.25, 0.3) is 11.1 Å². The van der Waals surface area contributed by atoms with Crippen molar-refractivity contribution in [3.8, 4) is 5.75 Å². The van der Waals surface area contributed by atoms with Gasteiger partial charge in [0, 0.05) is 5.56 Å². The van der Waals surface area contributed by atoms with E-state index < -0.39 is 0 Å². The molecule has 1 aliphatic rings. The van der Waals surface area contributed by atoms with Gasteiger partial charge in [-0.3, -0.25) is 14.5 Å². The molecule has 5 heteroatoms. The van der Waals surface area contributed by atoms with Crippen molar-refractivity contribution in [1.82, 2.24) is 4.90 Å². The summed E-state index contributed by atoms with van der Waals surface area (Å²) in [5.41, 5.74) is 3.85. The van der Waals surface area contributed by atoms with E-state index in [-0.39, 0.29) is 17.7 Å². The van der Waals surface area contributed by atoms with Gasteiger partial charge in [0.15, 0.2) is 0 Å². The van der Waals surface area contributed by atoms with E-state index in [1.54, 1.807) is 6.08 Å². The number of ether oxygens (including phenoxy) is 1. The van der Waals surface area contributed by atoms with E-state index in [2.05, 4.69) is 30.3 Å². The molecule has 0 unspecified atom stereocenters. The third kappa shape index (κ3) is 4.61. The molecule has 4 nitrogen and oxygen atoms in total. The minimum atomic E-state index is -0.275. The van der Waals surface area contributed by atoms with Gasteiger partial charge in [-0.25, -0.2) is 0 Å². The Balaban J connectivity index is 1.34. The van der Waals surface area contributed by atoms with Crippen LogP contribution in [0.4, 0.5) is 4.79 Å². The number of hydrogen-bond acceptors (Lipinski definition) is 4. The van der Waals surface area contributed by atoms with Crippen LogP contribution in [0.3, 0.4) is 0 Å². The van der Waals surface area contributed by atoms with Crippen LogP contribution in [-0.2, 0) is 17.9 Å². The molecule has 4 aromatic rings. The van der Waals surface area contributed by atoms with Crippen molar-refractivity contribution < 1.29 is 14.3 Å². The maximum absolute atomic E-state index is 13.0. The summed E-state index contributed by atoms with van der Waals surface area (Å²) in [6.45, 7) is 2.66. The number of carbonyl (C=O) groups excluding carboxylic acids is 2. The van der Waals surface area contributed by atoms with Crippen LogP contribution in [-0.4, -0.2) is 16.0 Å². The van der Waals surface area contributed by atoms with Crippen LogP contribution in [0.15, 0.2) is 95.9 Å². The predicted molar refractivity (Wildman–Crippen MR) is 137 cm³/mol. The number of amides is 2. The molecule has 0 bridgehead atoms. The highest BCUT2D eigenvalue weighted by Gasteiger charge is 2.35. The van der Waals surface area contributed by atoms with E-state index in [1.165, 1.54) is 15.7 Å². The Bertz CT molecular complexity index is 1430. The number of para-hydroxylation sites is 1. The van der Waals surface area contributed by atoms with Crippen LogP contribution in [0.2, 0.25) is 0 Å². The third-order valence-corrected chi connectivity index (χ3v) is 6.78. The second-order valence-corrected chi connectivity index (χ2v) is 9.20. The fourth-order valence-corrected chi connectivity index (χ4v) is 4.79. The molecule has 0 saturated carbocycles. The van der Waals surface area contributed by atoms with Gasteiger partial charge in [-0.2, -0.15) is 0 Å². The standard InChI is InChI=1S/C29H23NO3S/c1-20-8-2-3-12-25(20)18-30-28(31)27(34-29(30)32)17-24-11-6-7-13-26(24)33-19-21-14-15-22-9-4-5-10-23(22)16-21/h2-17H,18-19H2,1H3/b27-17-. The Morgan fingerprint density at radius 1 is 0.853 bits per heavy atom. The molecule has 0 atom stereocenters. The smallest absolute Gasteiger partial charge is 0.293 e. The summed E-state index contributed by atoms with van der Waals surface area (Å²) in [5.74, 6) is 0.393. The highest BCUT2D eigenvalue weighted by atomic mass is 32.2. The molecule has 168 valence electrons. The number of fused-ring (bicyclic) bond motifs is 1. The summed E-state index contributed by atoms with van der Waals surface area (Å²) in [6, 6.07) is 29.8. The zero-order chi connectivity index (χ0) is 23.5. The van der Waals surface area contributed by atoms with Gasteiger partial charge in [0.1, 0.15) is 12.4 Å². The minimum absolute atomic E-state index is 0.255. The summed E-state index contributed by atoms with van der Waals surface area (Å²) >= 11 is 0.969. The van der Waals surface area contributed by atoms with Crippen molar-refractivity contribution in [2.24, 2.45) is 0 Å². The van der Waals surface area contributed by atoms with Gasteiger partial charge in [-0.05, 0) is 64.4 Å². The Kier molecular flexibility index (Phi) is 6.19. The van der Waals surface area contributed by atoms with Crippen molar-refractivity contribution in [2.75, 3.05) is 0 Å². The average molecular weight is 466 g/mol. The Morgan fingerprint density at radius 3 is 2.44 bits per heavy atom. The van der Waals surface area contributed by atoms with Gasteiger partial charge < -0.3 is 4.74 Å². The third-order valence-electron chi connectivity index (χ3n) is 5.88. The molecule has 2 amide bonds. The Morgan fingerprint density at radius 2 is 1.59 bits per heavy atom. The quantitative estimate of drug-likeness (QED) is 0.289. The highest BCUT2D eigenvalue weighted by molar-refractivity contribution is 8.18. The minimum Gasteiger partial charge on any atom is -0.488 e. The number of imide groups is 1. The molecule has 1 aliphatic heterocycles. The molecule has 1 saturated heterocycles. The van der Waals surface area contributed by atoms with Crippen molar-refractivity contribution >= 4 is 39.8 Å². The van der Waals surface area contributed by atoms with Gasteiger partial charge >= 0.3 is 0 Å². The summed E-state index contributed by atoms with van der Waals surface area (Å²) in [5, 5.41) is 2.10. The first-order chi connectivity index (χ1) is 16.6. The number of aryl methyl sites for hydroxylation is 1. The van der Waals surface area contributed by atoms with Crippen LogP contribution in [0.1, 0.15) is 22.3 Å². The molecule has 5 rings (SSSR count). The molecular formula is C29H23NO3S. The molecule has 0 spiro atoms.